The van der Waals surface area contributed by atoms with Crippen LogP contribution in [-0.4, -0.2) is 26.4 Å². The van der Waals surface area contributed by atoms with Crippen molar-refractivity contribution in [2.45, 2.75) is 37.0 Å². The Bertz CT molecular complexity index is 725. The number of nitrogens with one attached hydrogen (secondary N) is 1. The number of hydrogen-bond acceptors (Lipinski definition) is 4. The fourth-order valence-corrected chi connectivity index (χ4v) is 3.12. The van der Waals surface area contributed by atoms with Crippen molar-refractivity contribution in [2.24, 2.45) is 0 Å². The molecule has 1 aromatic carbocycles. The predicted octanol–water partition coefficient (Wildman–Crippen LogP) is 2.89. The first-order valence-electron chi connectivity index (χ1n) is 7.85. The van der Waals surface area contributed by atoms with E-state index in [0.717, 1.165) is 29.4 Å². The molecule has 2 aromatic rings. The van der Waals surface area contributed by atoms with Gasteiger partial charge in [-0.15, -0.1) is 16.8 Å². The van der Waals surface area contributed by atoms with Crippen molar-refractivity contribution in [1.82, 2.24) is 20.1 Å². The van der Waals surface area contributed by atoms with E-state index in [1.807, 2.05) is 10.6 Å². The molecule has 1 fully saturated rings. The molecule has 0 radical (unpaired) electrons. The van der Waals surface area contributed by atoms with E-state index in [1.165, 1.54) is 23.9 Å². The number of rotatable bonds is 8. The van der Waals surface area contributed by atoms with Crippen LogP contribution in [0.15, 0.2) is 42.1 Å². The van der Waals surface area contributed by atoms with Gasteiger partial charge in [0.2, 0.25) is 5.91 Å². The van der Waals surface area contributed by atoms with Crippen LogP contribution in [0.5, 0.6) is 0 Å². The third kappa shape index (κ3) is 4.23. The molecule has 1 saturated carbocycles. The Kier molecular flexibility index (Phi) is 5.30. The fraction of sp³-hybridized carbons (Fsp3) is 0.353. The summed E-state index contributed by atoms with van der Waals surface area (Å²) in [5, 5.41) is 12.0. The van der Waals surface area contributed by atoms with Crippen LogP contribution >= 0.6 is 11.8 Å². The molecule has 1 amide bonds. The Morgan fingerprint density at radius 3 is 2.79 bits per heavy atom. The van der Waals surface area contributed by atoms with Gasteiger partial charge in [-0.25, -0.2) is 4.39 Å². The molecule has 126 valence electrons. The van der Waals surface area contributed by atoms with Crippen LogP contribution in [0.3, 0.4) is 0 Å². The minimum atomic E-state index is -0.284. The minimum Gasteiger partial charge on any atom is -0.351 e. The zero-order chi connectivity index (χ0) is 16.9. The molecule has 1 aliphatic carbocycles. The average molecular weight is 346 g/mol. The number of benzene rings is 1. The largest absolute Gasteiger partial charge is 0.351 e. The number of thioether (sulfide) groups is 1. The number of hydrogen-bond donors (Lipinski definition) is 1. The van der Waals surface area contributed by atoms with E-state index in [-0.39, 0.29) is 17.5 Å². The second-order valence-electron chi connectivity index (χ2n) is 5.71. The summed E-state index contributed by atoms with van der Waals surface area (Å²) in [5.41, 5.74) is 0.862. The van der Waals surface area contributed by atoms with Gasteiger partial charge in [-0.05, 0) is 30.5 Å². The molecule has 1 aliphatic rings. The minimum absolute atomic E-state index is 0.0922. The first-order chi connectivity index (χ1) is 11.7. The maximum atomic E-state index is 12.8. The molecule has 0 aliphatic heterocycles. The molecule has 0 unspecified atom stereocenters. The summed E-state index contributed by atoms with van der Waals surface area (Å²) < 4.78 is 14.9. The summed E-state index contributed by atoms with van der Waals surface area (Å²) in [7, 11) is 0. The lowest BCUT2D eigenvalue weighted by Crippen LogP contribution is -2.24. The number of nitrogens with zero attached hydrogens (tertiary/aromatic N) is 3. The van der Waals surface area contributed by atoms with Crippen molar-refractivity contribution in [2.75, 3.05) is 5.75 Å². The standard InChI is InChI=1S/C17H19FN4OS/c1-2-9-22-16(13-5-6-13)20-21-17(22)24-11-15(23)19-10-12-3-7-14(18)8-4-12/h2-4,7-8,13H,1,5-6,9-11H2,(H,19,23). The van der Waals surface area contributed by atoms with Gasteiger partial charge in [0, 0.05) is 19.0 Å². The second kappa shape index (κ2) is 7.61. The molecule has 0 atom stereocenters. The van der Waals surface area contributed by atoms with Crippen molar-refractivity contribution >= 4 is 17.7 Å². The van der Waals surface area contributed by atoms with Gasteiger partial charge in [-0.3, -0.25) is 4.79 Å². The number of carbonyl (C=O) groups excluding carboxylic acids is 1. The van der Waals surface area contributed by atoms with E-state index in [9.17, 15) is 9.18 Å². The quantitative estimate of drug-likeness (QED) is 0.590. The van der Waals surface area contributed by atoms with Crippen LogP contribution in [0.25, 0.3) is 0 Å². The molecule has 1 N–H and O–H groups in total. The number of aromatic nitrogens is 3. The van der Waals surface area contributed by atoms with Crippen LogP contribution in [0, 0.1) is 5.82 Å². The monoisotopic (exact) mass is 346 g/mol. The van der Waals surface area contributed by atoms with Crippen LogP contribution < -0.4 is 5.32 Å². The molecule has 7 heteroatoms. The summed E-state index contributed by atoms with van der Waals surface area (Å²) in [4.78, 5) is 12.0. The molecule has 5 nitrogen and oxygen atoms in total. The Morgan fingerprint density at radius 1 is 1.38 bits per heavy atom. The molecule has 3 rings (SSSR count). The highest BCUT2D eigenvalue weighted by Gasteiger charge is 2.30. The first-order valence-corrected chi connectivity index (χ1v) is 8.84. The third-order valence-electron chi connectivity index (χ3n) is 3.73. The number of carbonyl (C=O) groups is 1. The van der Waals surface area contributed by atoms with Crippen molar-refractivity contribution < 1.29 is 9.18 Å². The van der Waals surface area contributed by atoms with Crippen molar-refractivity contribution in [3.05, 3.63) is 54.1 Å². The van der Waals surface area contributed by atoms with Gasteiger partial charge in [-0.1, -0.05) is 30.0 Å². The lowest BCUT2D eigenvalue weighted by molar-refractivity contribution is -0.118. The Balaban J connectivity index is 1.52. The third-order valence-corrected chi connectivity index (χ3v) is 4.70. The molecule has 1 heterocycles. The SMILES string of the molecule is C=CCn1c(SCC(=O)NCc2ccc(F)cc2)nnc1C1CC1. The van der Waals surface area contributed by atoms with E-state index in [2.05, 4.69) is 22.1 Å². The summed E-state index contributed by atoms with van der Waals surface area (Å²) in [6, 6.07) is 6.08. The molecule has 0 bridgehead atoms. The van der Waals surface area contributed by atoms with Crippen LogP contribution in [-0.2, 0) is 17.9 Å². The van der Waals surface area contributed by atoms with E-state index >= 15 is 0 Å². The van der Waals surface area contributed by atoms with Gasteiger partial charge < -0.3 is 9.88 Å². The molecule has 0 spiro atoms. The Hall–Kier alpha value is -2.15. The maximum Gasteiger partial charge on any atom is 0.230 e. The lowest BCUT2D eigenvalue weighted by atomic mass is 10.2. The van der Waals surface area contributed by atoms with Gasteiger partial charge in [-0.2, -0.15) is 0 Å². The predicted molar refractivity (Wildman–Crippen MR) is 91.2 cm³/mol. The van der Waals surface area contributed by atoms with E-state index in [0.29, 0.717) is 19.0 Å². The van der Waals surface area contributed by atoms with E-state index in [4.69, 9.17) is 0 Å². The second-order valence-corrected chi connectivity index (χ2v) is 6.65. The normalized spacial score (nSPS) is 13.7. The van der Waals surface area contributed by atoms with Crippen LogP contribution in [0.4, 0.5) is 4.39 Å². The Labute approximate surface area is 144 Å². The highest BCUT2D eigenvalue weighted by molar-refractivity contribution is 7.99. The zero-order valence-electron chi connectivity index (χ0n) is 13.2. The Morgan fingerprint density at radius 2 is 2.12 bits per heavy atom. The summed E-state index contributed by atoms with van der Waals surface area (Å²) >= 11 is 1.37. The van der Waals surface area contributed by atoms with E-state index in [1.54, 1.807) is 12.1 Å². The molecule has 1 aromatic heterocycles. The van der Waals surface area contributed by atoms with Crippen molar-refractivity contribution in [1.29, 1.82) is 0 Å². The molecular weight excluding hydrogens is 327 g/mol. The molecule has 0 saturated heterocycles. The van der Waals surface area contributed by atoms with Gasteiger partial charge in [0.05, 0.1) is 5.75 Å². The summed E-state index contributed by atoms with van der Waals surface area (Å²) in [6.45, 7) is 4.80. The lowest BCUT2D eigenvalue weighted by Gasteiger charge is -2.07. The number of halogens is 1. The number of amides is 1. The highest BCUT2D eigenvalue weighted by Crippen LogP contribution is 2.40. The molecule has 24 heavy (non-hydrogen) atoms. The zero-order valence-corrected chi connectivity index (χ0v) is 14.1. The average Bonchev–Trinajstić information content (AvgIpc) is 3.35. The first kappa shape index (κ1) is 16.7. The van der Waals surface area contributed by atoms with Gasteiger partial charge >= 0.3 is 0 Å². The summed E-state index contributed by atoms with van der Waals surface area (Å²) in [6.07, 6.45) is 4.12. The molecular formula is C17H19FN4OS. The summed E-state index contributed by atoms with van der Waals surface area (Å²) in [5.74, 6) is 1.38. The van der Waals surface area contributed by atoms with E-state index < -0.39 is 0 Å². The van der Waals surface area contributed by atoms with Crippen LogP contribution in [0.2, 0.25) is 0 Å². The number of allylic oxidation sites excluding steroid dienone is 1. The highest BCUT2D eigenvalue weighted by atomic mass is 32.2. The fourth-order valence-electron chi connectivity index (χ4n) is 2.34. The maximum absolute atomic E-state index is 12.8. The van der Waals surface area contributed by atoms with Crippen LogP contribution in [0.1, 0.15) is 30.1 Å². The van der Waals surface area contributed by atoms with Gasteiger partial charge in [0.15, 0.2) is 5.16 Å². The van der Waals surface area contributed by atoms with Crippen molar-refractivity contribution in [3.63, 3.8) is 0 Å². The smallest absolute Gasteiger partial charge is 0.230 e. The topological polar surface area (TPSA) is 59.8 Å². The van der Waals surface area contributed by atoms with Gasteiger partial charge in [0.25, 0.3) is 0 Å². The van der Waals surface area contributed by atoms with Crippen molar-refractivity contribution in [3.8, 4) is 0 Å². The van der Waals surface area contributed by atoms with Gasteiger partial charge in [0.1, 0.15) is 11.6 Å².